The molecule has 4 nitrogen and oxygen atoms in total. The maximum Gasteiger partial charge on any atom is 0.131 e. The van der Waals surface area contributed by atoms with Crippen LogP contribution in [0.2, 0.25) is 0 Å². The Morgan fingerprint density at radius 2 is 0.513 bits per heavy atom. The summed E-state index contributed by atoms with van der Waals surface area (Å²) >= 11 is 3.81. The predicted octanol–water partition coefficient (Wildman–Crippen LogP) is 19.6. The fourth-order valence-electron chi connectivity index (χ4n) is 12.4. The van der Waals surface area contributed by atoms with Crippen LogP contribution in [0, 0.1) is 0 Å². The van der Waals surface area contributed by atoms with Crippen LogP contribution in [0.3, 0.4) is 0 Å². The number of nitrogens with zero attached hydrogens (tertiary/aromatic N) is 2. The third-order valence-corrected chi connectivity index (χ3v) is 18.1. The molecular weight excluding hydrogens is 965 g/mol. The fourth-order valence-corrected chi connectivity index (χ4v) is 15.3. The van der Waals surface area contributed by atoms with Crippen molar-refractivity contribution in [3.8, 4) is 55.0 Å². The van der Waals surface area contributed by atoms with Gasteiger partial charge in [0.15, 0.2) is 0 Å². The smallest absolute Gasteiger partial charge is 0.131 e. The normalized spacial score (nSPS) is 13.7. The Morgan fingerprint density at radius 3 is 0.803 bits per heavy atom. The van der Waals surface area contributed by atoms with E-state index in [0.717, 1.165) is 90.5 Å². The van der Waals surface area contributed by atoms with E-state index in [4.69, 9.17) is 9.47 Å². The molecule has 15 rings (SSSR count). The van der Waals surface area contributed by atoms with E-state index in [1.807, 2.05) is 22.7 Å². The lowest BCUT2D eigenvalue weighted by Gasteiger charge is -2.57. The minimum atomic E-state index is -0.838. The average Bonchev–Trinajstić information content (AvgIpc) is 3.82. The molecule has 0 unspecified atom stereocenters. The summed E-state index contributed by atoms with van der Waals surface area (Å²) in [7, 11) is 0. The van der Waals surface area contributed by atoms with Crippen LogP contribution in [0.5, 0.6) is 23.0 Å². The molecule has 4 heterocycles. The maximum absolute atomic E-state index is 7.05. The molecule has 10 aromatic carbocycles. The lowest BCUT2D eigenvalue weighted by atomic mass is 9.46. The van der Waals surface area contributed by atoms with Crippen LogP contribution in [0.1, 0.15) is 32.0 Å². The number of benzene rings is 10. The van der Waals surface area contributed by atoms with Gasteiger partial charge in [0.25, 0.3) is 0 Å². The van der Waals surface area contributed by atoms with Crippen molar-refractivity contribution in [3.05, 3.63) is 311 Å². The molecule has 0 N–H and O–H groups in total. The highest BCUT2D eigenvalue weighted by atomic mass is 32.1. The SMILES string of the molecule is c1ccc(N(c2ccccc2)c2ccc(-c3cc4c(s3)C3(c5ccccc5Oc5ccccc53)C3(c5ccccc5Oc5ccccc53)c3sc(-c5ccc(N(c6ccccc6)c6ccccc6)cc5)cc3-4)cc2)cc1. The number of ether oxygens (including phenoxy) is 2. The minimum absolute atomic E-state index is 0.838. The van der Waals surface area contributed by atoms with Crippen molar-refractivity contribution in [2.24, 2.45) is 0 Å². The van der Waals surface area contributed by atoms with Crippen molar-refractivity contribution < 1.29 is 9.47 Å². The zero-order valence-corrected chi connectivity index (χ0v) is 42.7. The Balaban J connectivity index is 0.994. The van der Waals surface area contributed by atoms with Gasteiger partial charge in [-0.2, -0.15) is 0 Å². The van der Waals surface area contributed by atoms with Gasteiger partial charge in [-0.05, 0) is 131 Å². The van der Waals surface area contributed by atoms with Crippen LogP contribution >= 0.6 is 22.7 Å². The van der Waals surface area contributed by atoms with Gasteiger partial charge < -0.3 is 19.3 Å². The molecule has 76 heavy (non-hydrogen) atoms. The first-order valence-corrected chi connectivity index (χ1v) is 27.4. The Morgan fingerprint density at radius 1 is 0.263 bits per heavy atom. The second kappa shape index (κ2) is 17.7. The summed E-state index contributed by atoms with van der Waals surface area (Å²) in [6, 6.07) is 101. The maximum atomic E-state index is 7.05. The molecule has 0 amide bonds. The zero-order valence-electron chi connectivity index (χ0n) is 41.1. The summed E-state index contributed by atoms with van der Waals surface area (Å²) in [5, 5.41) is 0. The number of thiophene rings is 2. The summed E-state index contributed by atoms with van der Waals surface area (Å²) in [5.74, 6) is 3.41. The van der Waals surface area contributed by atoms with Gasteiger partial charge in [-0.15, -0.1) is 22.7 Å². The van der Waals surface area contributed by atoms with Crippen LogP contribution in [0.15, 0.2) is 279 Å². The first-order valence-electron chi connectivity index (χ1n) is 25.7. The van der Waals surface area contributed by atoms with Crippen LogP contribution < -0.4 is 19.3 Å². The highest BCUT2D eigenvalue weighted by molar-refractivity contribution is 7.17. The summed E-state index contributed by atoms with van der Waals surface area (Å²) in [5.41, 5.74) is 14.2. The van der Waals surface area contributed by atoms with Gasteiger partial charge in [0.2, 0.25) is 0 Å². The van der Waals surface area contributed by atoms with Gasteiger partial charge in [-0.3, -0.25) is 0 Å². The predicted molar refractivity (Wildman–Crippen MR) is 314 cm³/mol. The zero-order chi connectivity index (χ0) is 50.2. The second-order valence-corrected chi connectivity index (χ2v) is 21.6. The van der Waals surface area contributed by atoms with Crippen LogP contribution in [-0.2, 0) is 10.8 Å². The van der Waals surface area contributed by atoms with E-state index in [1.165, 1.54) is 30.6 Å². The van der Waals surface area contributed by atoms with Gasteiger partial charge in [0.05, 0.1) is 10.8 Å². The molecule has 6 heteroatoms. The topological polar surface area (TPSA) is 24.9 Å². The highest BCUT2D eigenvalue weighted by Gasteiger charge is 2.68. The Bertz CT molecular complexity index is 3680. The molecule has 2 aromatic heterocycles. The first-order chi connectivity index (χ1) is 37.7. The Hall–Kier alpha value is -9.20. The largest absolute Gasteiger partial charge is 0.457 e. The van der Waals surface area contributed by atoms with Crippen molar-refractivity contribution in [1.29, 1.82) is 0 Å². The molecule has 12 aromatic rings. The lowest BCUT2D eigenvalue weighted by Crippen LogP contribution is -2.55. The van der Waals surface area contributed by atoms with Crippen molar-refractivity contribution in [2.75, 3.05) is 9.80 Å². The Kier molecular flexibility index (Phi) is 10.3. The molecule has 360 valence electrons. The van der Waals surface area contributed by atoms with E-state index >= 15 is 0 Å². The van der Waals surface area contributed by atoms with Crippen LogP contribution in [0.25, 0.3) is 32.0 Å². The summed E-state index contributed by atoms with van der Waals surface area (Å²) < 4.78 is 14.1. The van der Waals surface area contributed by atoms with Crippen molar-refractivity contribution in [1.82, 2.24) is 0 Å². The lowest BCUT2D eigenvalue weighted by molar-refractivity contribution is 0.326. The van der Waals surface area contributed by atoms with Crippen LogP contribution in [0.4, 0.5) is 34.1 Å². The summed E-state index contributed by atoms with van der Waals surface area (Å²) in [6.07, 6.45) is 0. The van der Waals surface area contributed by atoms with Crippen molar-refractivity contribution in [3.63, 3.8) is 0 Å². The molecule has 0 atom stereocenters. The van der Waals surface area contributed by atoms with Gasteiger partial charge in [-0.25, -0.2) is 0 Å². The number of fused-ring (bicyclic) bond motifs is 14. The summed E-state index contributed by atoms with van der Waals surface area (Å²) in [6.45, 7) is 0. The first kappa shape index (κ1) is 44.3. The molecule has 3 aliphatic rings. The molecular formula is C70H46N2O2S2. The van der Waals surface area contributed by atoms with Gasteiger partial charge in [0.1, 0.15) is 23.0 Å². The van der Waals surface area contributed by atoms with Gasteiger partial charge in [0, 0.05) is 75.9 Å². The number of anilines is 6. The van der Waals surface area contributed by atoms with E-state index in [1.54, 1.807) is 0 Å². The van der Waals surface area contributed by atoms with E-state index in [2.05, 4.69) is 289 Å². The molecule has 0 radical (unpaired) electrons. The van der Waals surface area contributed by atoms with E-state index < -0.39 is 10.8 Å². The molecule has 2 aliphatic heterocycles. The Labute approximate surface area is 450 Å². The standard InChI is InChI=1S/C70H46N2O2S2/c1-5-21-49(22-6-1)71(50-23-7-2-8-24-50)53-41-37-47(38-42-53)65-45-55-56-46-66(48-39-43-54(44-40-48)72(51-25-9-3-10-26-51)52-27-11-4-12-28-52)76-68(56)70(59-31-15-19-35-63(59)74-64-36-20-16-32-60(64)70)69(67(55)75-65)57-29-13-17-33-61(57)73-62-34-18-14-30-58(62)69/h1-46H. The third-order valence-electron chi connectivity index (χ3n) is 15.5. The molecule has 0 saturated heterocycles. The monoisotopic (exact) mass is 1010 g/mol. The van der Waals surface area contributed by atoms with E-state index in [-0.39, 0.29) is 0 Å². The number of para-hydroxylation sites is 8. The van der Waals surface area contributed by atoms with Crippen molar-refractivity contribution >= 4 is 56.8 Å². The summed E-state index contributed by atoms with van der Waals surface area (Å²) in [4.78, 5) is 9.57. The molecule has 0 fully saturated rings. The quantitative estimate of drug-likeness (QED) is 0.151. The van der Waals surface area contributed by atoms with E-state index in [9.17, 15) is 0 Å². The number of rotatable bonds is 8. The van der Waals surface area contributed by atoms with Gasteiger partial charge in [-0.1, -0.05) is 170 Å². The molecule has 2 spiro atoms. The molecule has 1 aliphatic carbocycles. The minimum Gasteiger partial charge on any atom is -0.457 e. The fraction of sp³-hybridized carbons (Fsp3) is 0.0286. The van der Waals surface area contributed by atoms with E-state index in [0.29, 0.717) is 0 Å². The average molecular weight is 1010 g/mol. The molecule has 0 bridgehead atoms. The van der Waals surface area contributed by atoms with Gasteiger partial charge >= 0.3 is 0 Å². The van der Waals surface area contributed by atoms with Crippen LogP contribution in [-0.4, -0.2) is 0 Å². The molecule has 0 saturated carbocycles. The van der Waals surface area contributed by atoms with Crippen molar-refractivity contribution in [2.45, 2.75) is 10.8 Å². The third kappa shape index (κ3) is 6.61. The number of hydrogen-bond donors (Lipinski definition) is 0. The second-order valence-electron chi connectivity index (χ2n) is 19.5. The highest BCUT2D eigenvalue weighted by Crippen LogP contribution is 2.74. The number of hydrogen-bond acceptors (Lipinski definition) is 6.